The molecule has 0 heterocycles. The van der Waals surface area contributed by atoms with Crippen LogP contribution in [0.2, 0.25) is 6.04 Å². The average molecular weight is 252 g/mol. The van der Waals surface area contributed by atoms with E-state index in [1.807, 2.05) is 0 Å². The van der Waals surface area contributed by atoms with Crippen molar-refractivity contribution in [2.75, 3.05) is 26.4 Å². The molecule has 0 radical (unpaired) electrons. The lowest BCUT2D eigenvalue weighted by Crippen LogP contribution is -2.39. The zero-order valence-electron chi connectivity index (χ0n) is 10.4. The fourth-order valence-electron chi connectivity index (χ4n) is 1.07. The van der Waals surface area contributed by atoms with E-state index in [1.54, 1.807) is 6.92 Å². The van der Waals surface area contributed by atoms with Crippen molar-refractivity contribution in [1.29, 1.82) is 0 Å². The molecular formula is C10H24O5Si. The van der Waals surface area contributed by atoms with Crippen molar-refractivity contribution < 1.29 is 24.1 Å². The highest BCUT2D eigenvalue weighted by atomic mass is 28.2. The first kappa shape index (κ1) is 16.0. The molecule has 0 aliphatic rings. The topological polar surface area (TPSA) is 68.2 Å². The first-order valence-corrected chi connectivity index (χ1v) is 7.25. The van der Waals surface area contributed by atoms with Gasteiger partial charge in [0.05, 0.1) is 26.4 Å². The van der Waals surface area contributed by atoms with Crippen molar-refractivity contribution in [3.05, 3.63) is 0 Å². The van der Waals surface area contributed by atoms with E-state index in [0.717, 1.165) is 6.04 Å². The average Bonchev–Trinajstić information content (AvgIpc) is 2.23. The predicted molar refractivity (Wildman–Crippen MR) is 63.8 cm³/mol. The third-order valence-corrected chi connectivity index (χ3v) is 4.09. The lowest BCUT2D eigenvalue weighted by molar-refractivity contribution is -0.336. The Labute approximate surface area is 99.7 Å². The van der Waals surface area contributed by atoms with Gasteiger partial charge in [0.2, 0.25) is 0 Å². The lowest BCUT2D eigenvalue weighted by Gasteiger charge is -2.30. The maximum absolute atomic E-state index is 8.69. The smallest absolute Gasteiger partial charge is 0.270 e. The van der Waals surface area contributed by atoms with E-state index in [4.69, 9.17) is 24.1 Å². The number of hydrogen-bond acceptors (Lipinski definition) is 5. The summed E-state index contributed by atoms with van der Waals surface area (Å²) in [6, 6.07) is 1.04. The normalized spacial score (nSPS) is 13.1. The van der Waals surface area contributed by atoms with E-state index >= 15 is 0 Å². The summed E-state index contributed by atoms with van der Waals surface area (Å²) in [5, 5.41) is 17.4. The minimum absolute atomic E-state index is 0.0762. The van der Waals surface area contributed by atoms with Gasteiger partial charge in [-0.1, -0.05) is 13.8 Å². The van der Waals surface area contributed by atoms with Gasteiger partial charge in [-0.2, -0.15) is 0 Å². The molecule has 0 aliphatic carbocycles. The van der Waals surface area contributed by atoms with Crippen LogP contribution in [0.25, 0.3) is 0 Å². The third kappa shape index (κ3) is 8.20. The van der Waals surface area contributed by atoms with Crippen molar-refractivity contribution in [3.63, 3.8) is 0 Å². The summed E-state index contributed by atoms with van der Waals surface area (Å²) in [6.45, 7) is 6.12. The van der Waals surface area contributed by atoms with Gasteiger partial charge in [0, 0.05) is 6.92 Å². The summed E-state index contributed by atoms with van der Waals surface area (Å²) < 4.78 is 16.2. The van der Waals surface area contributed by atoms with Crippen LogP contribution in [0, 0.1) is 5.92 Å². The second-order valence-electron chi connectivity index (χ2n) is 4.04. The summed E-state index contributed by atoms with van der Waals surface area (Å²) in [4.78, 5) is 0. The molecule has 0 unspecified atom stereocenters. The van der Waals surface area contributed by atoms with Crippen LogP contribution >= 0.6 is 0 Å². The van der Waals surface area contributed by atoms with Crippen LogP contribution in [0.5, 0.6) is 0 Å². The molecule has 0 fully saturated rings. The maximum Gasteiger partial charge on any atom is 0.270 e. The van der Waals surface area contributed by atoms with E-state index < -0.39 is 15.7 Å². The second kappa shape index (κ2) is 9.09. The number of aliphatic hydroxyl groups is 2. The standard InChI is InChI=1S/C10H24O5Si/c1-9(2)8-16-15-10(3,13-6-4-11)14-7-5-12/h9,11-12H,4-8,16H2,1-3H3. The van der Waals surface area contributed by atoms with E-state index in [1.165, 1.54) is 0 Å². The van der Waals surface area contributed by atoms with Crippen LogP contribution < -0.4 is 0 Å². The fourth-order valence-corrected chi connectivity index (χ4v) is 2.19. The molecular weight excluding hydrogens is 228 g/mol. The van der Waals surface area contributed by atoms with Gasteiger partial charge in [0.15, 0.2) is 9.76 Å². The van der Waals surface area contributed by atoms with Gasteiger partial charge in [-0.25, -0.2) is 0 Å². The first-order chi connectivity index (χ1) is 7.54. The Morgan fingerprint density at radius 3 is 2.00 bits per heavy atom. The Kier molecular flexibility index (Phi) is 9.10. The monoisotopic (exact) mass is 252 g/mol. The largest absolute Gasteiger partial charge is 0.394 e. The van der Waals surface area contributed by atoms with Crippen molar-refractivity contribution in [2.45, 2.75) is 32.8 Å². The number of ether oxygens (including phenoxy) is 2. The van der Waals surface area contributed by atoms with Crippen LogP contribution in [0.4, 0.5) is 0 Å². The molecule has 0 aromatic carbocycles. The van der Waals surface area contributed by atoms with Crippen LogP contribution in [-0.4, -0.2) is 52.4 Å². The van der Waals surface area contributed by atoms with E-state index in [2.05, 4.69) is 13.8 Å². The van der Waals surface area contributed by atoms with Gasteiger partial charge in [-0.15, -0.1) is 0 Å². The zero-order chi connectivity index (χ0) is 12.4. The number of rotatable bonds is 10. The molecule has 0 atom stereocenters. The number of aliphatic hydroxyl groups excluding tert-OH is 2. The molecule has 16 heavy (non-hydrogen) atoms. The minimum atomic E-state index is -1.12. The van der Waals surface area contributed by atoms with Gasteiger partial charge in [-0.05, 0) is 12.0 Å². The van der Waals surface area contributed by atoms with E-state index in [-0.39, 0.29) is 26.4 Å². The molecule has 0 spiro atoms. The van der Waals surface area contributed by atoms with Gasteiger partial charge >= 0.3 is 0 Å². The molecule has 0 rings (SSSR count). The SMILES string of the molecule is CC(C)C[SiH2]OC(C)(OCCO)OCCO. The number of hydrogen-bond donors (Lipinski definition) is 2. The molecule has 2 N–H and O–H groups in total. The molecule has 6 heteroatoms. The van der Waals surface area contributed by atoms with Crippen LogP contribution in [0.1, 0.15) is 20.8 Å². The van der Waals surface area contributed by atoms with Gasteiger partial charge in [-0.3, -0.25) is 0 Å². The molecule has 0 aromatic heterocycles. The minimum Gasteiger partial charge on any atom is -0.394 e. The Morgan fingerprint density at radius 1 is 1.12 bits per heavy atom. The predicted octanol–water partition coefficient (Wildman–Crippen LogP) is -0.147. The molecule has 0 aliphatic heterocycles. The van der Waals surface area contributed by atoms with Crippen molar-refractivity contribution >= 4 is 9.76 Å². The summed E-state index contributed by atoms with van der Waals surface area (Å²) >= 11 is 0. The van der Waals surface area contributed by atoms with Gasteiger partial charge in [0.1, 0.15) is 0 Å². The highest BCUT2D eigenvalue weighted by Crippen LogP contribution is 2.15. The molecule has 0 bridgehead atoms. The molecule has 0 saturated heterocycles. The van der Waals surface area contributed by atoms with Crippen molar-refractivity contribution in [1.82, 2.24) is 0 Å². The molecule has 0 aromatic rings. The van der Waals surface area contributed by atoms with Gasteiger partial charge in [0.25, 0.3) is 5.97 Å². The fraction of sp³-hybridized carbons (Fsp3) is 1.00. The van der Waals surface area contributed by atoms with Gasteiger partial charge < -0.3 is 24.1 Å². The second-order valence-corrected chi connectivity index (χ2v) is 5.31. The summed E-state index contributed by atoms with van der Waals surface area (Å²) in [6.07, 6.45) is 0. The Morgan fingerprint density at radius 2 is 1.62 bits per heavy atom. The van der Waals surface area contributed by atoms with E-state index in [9.17, 15) is 0 Å². The Bertz CT molecular complexity index is 157. The molecule has 0 amide bonds. The van der Waals surface area contributed by atoms with E-state index in [0.29, 0.717) is 5.92 Å². The van der Waals surface area contributed by atoms with Crippen LogP contribution in [-0.2, 0) is 13.9 Å². The summed E-state index contributed by atoms with van der Waals surface area (Å²) in [7, 11) is -0.710. The quantitative estimate of drug-likeness (QED) is 0.418. The summed E-state index contributed by atoms with van der Waals surface area (Å²) in [5.74, 6) is -0.515. The first-order valence-electron chi connectivity index (χ1n) is 5.67. The lowest BCUT2D eigenvalue weighted by atomic mass is 10.3. The molecule has 98 valence electrons. The molecule has 5 nitrogen and oxygen atoms in total. The Hall–Kier alpha value is 0.0169. The summed E-state index contributed by atoms with van der Waals surface area (Å²) in [5.41, 5.74) is 0. The molecule has 0 saturated carbocycles. The van der Waals surface area contributed by atoms with Crippen LogP contribution in [0.3, 0.4) is 0 Å². The zero-order valence-corrected chi connectivity index (χ0v) is 11.9. The van der Waals surface area contributed by atoms with Crippen LogP contribution in [0.15, 0.2) is 0 Å². The van der Waals surface area contributed by atoms with Crippen molar-refractivity contribution in [3.8, 4) is 0 Å². The highest BCUT2D eigenvalue weighted by molar-refractivity contribution is 6.27. The highest BCUT2D eigenvalue weighted by Gasteiger charge is 2.26. The maximum atomic E-state index is 8.69. The Balaban J connectivity index is 3.96. The van der Waals surface area contributed by atoms with Crippen molar-refractivity contribution in [2.24, 2.45) is 5.92 Å². The third-order valence-electron chi connectivity index (χ3n) is 1.97.